The number of para-hydroxylation sites is 1. The zero-order chi connectivity index (χ0) is 15.7. The van der Waals surface area contributed by atoms with E-state index in [2.05, 4.69) is 38.0 Å². The lowest BCUT2D eigenvalue weighted by atomic mass is 9.97. The third-order valence-electron chi connectivity index (χ3n) is 3.93. The van der Waals surface area contributed by atoms with E-state index < -0.39 is 0 Å². The molecule has 0 atom stereocenters. The largest absolute Gasteiger partial charge is 0.290 e. The molecule has 3 aromatic rings. The zero-order valence-corrected chi connectivity index (χ0v) is 13.1. The van der Waals surface area contributed by atoms with Gasteiger partial charge in [0.15, 0.2) is 0 Å². The molecular weight excluding hydrogens is 272 g/mol. The van der Waals surface area contributed by atoms with Crippen molar-refractivity contribution in [3.8, 4) is 16.9 Å². The first kappa shape index (κ1) is 14.4. The van der Waals surface area contributed by atoms with Crippen LogP contribution in [0.2, 0.25) is 0 Å². The summed E-state index contributed by atoms with van der Waals surface area (Å²) in [5.74, 6) is 0.156. The Morgan fingerprint density at radius 1 is 0.955 bits per heavy atom. The Hall–Kier alpha value is -2.55. The highest BCUT2D eigenvalue weighted by Gasteiger charge is 2.19. The molecule has 0 aliphatic rings. The van der Waals surface area contributed by atoms with Crippen LogP contribution in [-0.2, 0) is 0 Å². The quantitative estimate of drug-likeness (QED) is 0.769. The number of aromatic nitrogens is 2. The summed E-state index contributed by atoms with van der Waals surface area (Å²) >= 11 is 0. The van der Waals surface area contributed by atoms with Gasteiger partial charge in [-0.05, 0) is 30.5 Å². The topological polar surface area (TPSA) is 37.8 Å². The average Bonchev–Trinajstić information content (AvgIpc) is 2.86. The van der Waals surface area contributed by atoms with Crippen LogP contribution in [0.15, 0.2) is 59.4 Å². The molecule has 1 N–H and O–H groups in total. The van der Waals surface area contributed by atoms with Crippen molar-refractivity contribution in [3.05, 3.63) is 76.1 Å². The molecule has 112 valence electrons. The van der Waals surface area contributed by atoms with E-state index in [0.29, 0.717) is 0 Å². The number of aryl methyl sites for hydroxylation is 1. The third kappa shape index (κ3) is 2.39. The van der Waals surface area contributed by atoms with Crippen molar-refractivity contribution >= 4 is 0 Å². The predicted molar refractivity (Wildman–Crippen MR) is 90.7 cm³/mol. The molecule has 0 saturated carbocycles. The van der Waals surface area contributed by atoms with Gasteiger partial charge in [0.05, 0.1) is 11.4 Å². The van der Waals surface area contributed by atoms with E-state index in [1.165, 1.54) is 0 Å². The van der Waals surface area contributed by atoms with E-state index >= 15 is 0 Å². The highest BCUT2D eigenvalue weighted by atomic mass is 16.1. The van der Waals surface area contributed by atoms with Crippen molar-refractivity contribution in [3.63, 3.8) is 0 Å². The van der Waals surface area contributed by atoms with Crippen molar-refractivity contribution in [1.29, 1.82) is 0 Å². The molecule has 3 heteroatoms. The van der Waals surface area contributed by atoms with Crippen LogP contribution in [0.25, 0.3) is 16.9 Å². The molecule has 0 fully saturated rings. The van der Waals surface area contributed by atoms with E-state index in [9.17, 15) is 4.79 Å². The van der Waals surface area contributed by atoms with Crippen molar-refractivity contribution in [2.24, 2.45) is 0 Å². The van der Waals surface area contributed by atoms with Gasteiger partial charge < -0.3 is 0 Å². The number of hydrogen-bond acceptors (Lipinski definition) is 1. The van der Waals surface area contributed by atoms with Gasteiger partial charge in [-0.1, -0.05) is 56.3 Å². The number of hydrogen-bond donors (Lipinski definition) is 1. The predicted octanol–water partition coefficient (Wildman–Crippen LogP) is 4.26. The minimum absolute atomic E-state index is 0.0273. The molecule has 0 saturated heterocycles. The Kier molecular flexibility index (Phi) is 3.72. The number of benzene rings is 2. The first-order valence-corrected chi connectivity index (χ1v) is 7.56. The molecule has 0 radical (unpaired) electrons. The SMILES string of the molecule is Cc1ccccc1-c1[nH]n(-c2ccccc2)c(=O)c1C(C)C. The molecule has 0 amide bonds. The van der Waals surface area contributed by atoms with Crippen LogP contribution in [0.5, 0.6) is 0 Å². The monoisotopic (exact) mass is 292 g/mol. The lowest BCUT2D eigenvalue weighted by Crippen LogP contribution is -2.17. The lowest BCUT2D eigenvalue weighted by Gasteiger charge is -2.07. The molecule has 3 rings (SSSR count). The van der Waals surface area contributed by atoms with Crippen molar-refractivity contribution in [1.82, 2.24) is 9.78 Å². The van der Waals surface area contributed by atoms with Crippen molar-refractivity contribution < 1.29 is 0 Å². The fourth-order valence-electron chi connectivity index (χ4n) is 2.80. The Morgan fingerprint density at radius 3 is 2.23 bits per heavy atom. The molecular formula is C19H20N2O. The second kappa shape index (κ2) is 5.68. The third-order valence-corrected chi connectivity index (χ3v) is 3.93. The van der Waals surface area contributed by atoms with Gasteiger partial charge in [-0.3, -0.25) is 9.89 Å². The highest BCUT2D eigenvalue weighted by Crippen LogP contribution is 2.28. The molecule has 0 aliphatic heterocycles. The minimum atomic E-state index is 0.0273. The smallest absolute Gasteiger partial charge is 0.275 e. The summed E-state index contributed by atoms with van der Waals surface area (Å²) in [4.78, 5) is 12.8. The Morgan fingerprint density at radius 2 is 1.59 bits per heavy atom. The van der Waals surface area contributed by atoms with Crippen LogP contribution in [0, 0.1) is 6.92 Å². The molecule has 0 unspecified atom stereocenters. The van der Waals surface area contributed by atoms with Crippen LogP contribution in [0.1, 0.15) is 30.9 Å². The van der Waals surface area contributed by atoms with E-state index in [-0.39, 0.29) is 11.5 Å². The van der Waals surface area contributed by atoms with Gasteiger partial charge in [-0.15, -0.1) is 0 Å². The maximum absolute atomic E-state index is 12.8. The second-order valence-electron chi connectivity index (χ2n) is 5.85. The Bertz CT molecular complexity index is 841. The van der Waals surface area contributed by atoms with Gasteiger partial charge in [0, 0.05) is 11.1 Å². The van der Waals surface area contributed by atoms with Gasteiger partial charge in [0.25, 0.3) is 5.56 Å². The van der Waals surface area contributed by atoms with Crippen LogP contribution in [0.4, 0.5) is 0 Å². The molecule has 1 aromatic heterocycles. The highest BCUT2D eigenvalue weighted by molar-refractivity contribution is 5.67. The second-order valence-corrected chi connectivity index (χ2v) is 5.85. The minimum Gasteiger partial charge on any atom is -0.290 e. The summed E-state index contributed by atoms with van der Waals surface area (Å²) in [7, 11) is 0. The molecule has 22 heavy (non-hydrogen) atoms. The first-order chi connectivity index (χ1) is 10.6. The Labute approximate surface area is 130 Å². The van der Waals surface area contributed by atoms with Crippen molar-refractivity contribution in [2.75, 3.05) is 0 Å². The molecule has 2 aromatic carbocycles. The summed E-state index contributed by atoms with van der Waals surface area (Å²) in [6.45, 7) is 6.18. The maximum atomic E-state index is 12.8. The fraction of sp³-hybridized carbons (Fsp3) is 0.211. The average molecular weight is 292 g/mol. The number of rotatable bonds is 3. The van der Waals surface area contributed by atoms with Gasteiger partial charge in [-0.2, -0.15) is 0 Å². The number of aromatic amines is 1. The van der Waals surface area contributed by atoms with E-state index in [1.54, 1.807) is 4.68 Å². The van der Waals surface area contributed by atoms with Crippen LogP contribution in [0.3, 0.4) is 0 Å². The van der Waals surface area contributed by atoms with E-state index in [1.807, 2.05) is 42.5 Å². The standard InChI is InChI=1S/C19H20N2O/c1-13(2)17-18(16-12-8-7-9-14(16)3)20-21(19(17)22)15-10-5-4-6-11-15/h4-13,20H,1-3H3. The normalized spacial score (nSPS) is 11.1. The van der Waals surface area contributed by atoms with Crippen LogP contribution in [-0.4, -0.2) is 9.78 Å². The molecule has 0 aliphatic carbocycles. The number of nitrogens with zero attached hydrogens (tertiary/aromatic N) is 1. The molecule has 0 bridgehead atoms. The maximum Gasteiger partial charge on any atom is 0.275 e. The number of nitrogens with one attached hydrogen (secondary N) is 1. The van der Waals surface area contributed by atoms with Crippen LogP contribution < -0.4 is 5.56 Å². The van der Waals surface area contributed by atoms with Gasteiger partial charge in [-0.25, -0.2) is 4.68 Å². The fourth-order valence-corrected chi connectivity index (χ4v) is 2.80. The van der Waals surface area contributed by atoms with Gasteiger partial charge >= 0.3 is 0 Å². The molecule has 0 spiro atoms. The van der Waals surface area contributed by atoms with Gasteiger partial charge in [0.2, 0.25) is 0 Å². The molecule has 1 heterocycles. The summed E-state index contributed by atoms with van der Waals surface area (Å²) in [5.41, 5.74) is 4.87. The zero-order valence-electron chi connectivity index (χ0n) is 13.1. The lowest BCUT2D eigenvalue weighted by molar-refractivity contribution is 0.825. The summed E-state index contributed by atoms with van der Waals surface area (Å²) in [5, 5.41) is 3.31. The summed E-state index contributed by atoms with van der Waals surface area (Å²) in [6.07, 6.45) is 0. The van der Waals surface area contributed by atoms with Crippen molar-refractivity contribution in [2.45, 2.75) is 26.7 Å². The van der Waals surface area contributed by atoms with E-state index in [0.717, 1.165) is 28.1 Å². The summed E-state index contributed by atoms with van der Waals surface area (Å²) in [6, 6.07) is 17.8. The van der Waals surface area contributed by atoms with E-state index in [4.69, 9.17) is 0 Å². The van der Waals surface area contributed by atoms with Crippen LogP contribution >= 0.6 is 0 Å². The number of H-pyrrole nitrogens is 1. The summed E-state index contributed by atoms with van der Waals surface area (Å²) < 4.78 is 1.64. The Balaban J connectivity index is 2.28. The molecule has 3 nitrogen and oxygen atoms in total. The van der Waals surface area contributed by atoms with Gasteiger partial charge in [0.1, 0.15) is 0 Å². The first-order valence-electron chi connectivity index (χ1n) is 7.56.